The predicted octanol–water partition coefficient (Wildman–Crippen LogP) is 3.73. The van der Waals surface area contributed by atoms with Gasteiger partial charge in [-0.1, -0.05) is 23.7 Å². The van der Waals surface area contributed by atoms with Crippen LogP contribution in [-0.4, -0.2) is 6.54 Å². The number of benzene rings is 1. The fraction of sp³-hybridized carbons (Fsp3) is 0.500. The number of hydrogen-bond acceptors (Lipinski definition) is 1. The molecule has 0 bridgehead atoms. The minimum atomic E-state index is -2.89. The molecular weight excluding hydrogens is 232 g/mol. The van der Waals surface area contributed by atoms with Crippen molar-refractivity contribution in [3.8, 4) is 0 Å². The molecule has 0 fully saturated rings. The van der Waals surface area contributed by atoms with Crippen molar-refractivity contribution in [2.24, 2.45) is 5.73 Å². The van der Waals surface area contributed by atoms with Gasteiger partial charge in [-0.15, -0.1) is 0 Å². The third-order valence-corrected chi connectivity index (χ3v) is 2.75. The molecule has 0 unspecified atom stereocenters. The van der Waals surface area contributed by atoms with Gasteiger partial charge in [-0.2, -0.15) is 0 Å². The van der Waals surface area contributed by atoms with Crippen LogP contribution in [0.25, 0.3) is 0 Å². The molecular formula is C12H16ClF2N. The zero-order chi connectivity index (χ0) is 12.2. The maximum absolute atomic E-state index is 13.4. The lowest BCUT2D eigenvalue weighted by molar-refractivity contribution is 0.0166. The number of unbranched alkanes of at least 4 members (excludes halogenated alkanes) is 1. The molecule has 0 radical (unpaired) electrons. The Morgan fingerprint density at radius 2 is 2.00 bits per heavy atom. The van der Waals surface area contributed by atoms with E-state index in [2.05, 4.69) is 0 Å². The molecule has 0 aliphatic heterocycles. The first kappa shape index (κ1) is 13.4. The van der Waals surface area contributed by atoms with Gasteiger partial charge in [0.25, 0.3) is 5.92 Å². The quantitative estimate of drug-likeness (QED) is 0.789. The summed E-state index contributed by atoms with van der Waals surface area (Å²) in [5.74, 6) is -2.89. The lowest BCUT2D eigenvalue weighted by atomic mass is 9.98. The number of alkyl halides is 2. The number of nitrogens with two attached hydrogens (primary N) is 1. The molecule has 4 heteroatoms. The van der Waals surface area contributed by atoms with Crippen molar-refractivity contribution in [2.45, 2.75) is 32.1 Å². The van der Waals surface area contributed by atoms with Crippen molar-refractivity contribution in [1.82, 2.24) is 0 Å². The maximum Gasteiger partial charge on any atom is 0.272 e. The third-order valence-electron chi connectivity index (χ3n) is 2.44. The van der Waals surface area contributed by atoms with E-state index in [9.17, 15) is 8.78 Å². The van der Waals surface area contributed by atoms with E-state index < -0.39 is 5.92 Å². The average Bonchev–Trinajstić information content (AvgIpc) is 2.16. The molecule has 0 heterocycles. The second-order valence-electron chi connectivity index (χ2n) is 3.91. The smallest absolute Gasteiger partial charge is 0.272 e. The Kier molecular flexibility index (Phi) is 4.69. The zero-order valence-electron chi connectivity index (χ0n) is 9.27. The summed E-state index contributed by atoms with van der Waals surface area (Å²) < 4.78 is 26.8. The fourth-order valence-corrected chi connectivity index (χ4v) is 2.09. The highest BCUT2D eigenvalue weighted by atomic mass is 35.5. The van der Waals surface area contributed by atoms with E-state index in [1.165, 1.54) is 6.07 Å². The second-order valence-corrected chi connectivity index (χ2v) is 4.32. The van der Waals surface area contributed by atoms with Crippen LogP contribution < -0.4 is 5.73 Å². The first-order chi connectivity index (χ1) is 7.46. The van der Waals surface area contributed by atoms with Crippen LogP contribution in [0.3, 0.4) is 0 Å². The predicted molar refractivity (Wildman–Crippen MR) is 63.0 cm³/mol. The molecule has 0 atom stereocenters. The summed E-state index contributed by atoms with van der Waals surface area (Å²) in [7, 11) is 0. The van der Waals surface area contributed by atoms with Crippen molar-refractivity contribution in [3.05, 3.63) is 34.3 Å². The van der Waals surface area contributed by atoms with Gasteiger partial charge in [0.15, 0.2) is 0 Å². The normalized spacial score (nSPS) is 11.8. The zero-order valence-corrected chi connectivity index (χ0v) is 10.0. The maximum atomic E-state index is 13.4. The van der Waals surface area contributed by atoms with Crippen LogP contribution in [0.15, 0.2) is 18.2 Å². The standard InChI is InChI=1S/C12H16ClF2N/c1-12(14,15)11-9(5-2-3-8-16)6-4-7-10(11)13/h4,6-7H,2-3,5,8,16H2,1H3. The first-order valence-corrected chi connectivity index (χ1v) is 5.70. The average molecular weight is 248 g/mol. The molecule has 0 saturated carbocycles. The topological polar surface area (TPSA) is 26.0 Å². The van der Waals surface area contributed by atoms with Crippen LogP contribution in [0.5, 0.6) is 0 Å². The highest BCUT2D eigenvalue weighted by Crippen LogP contribution is 2.36. The molecule has 0 saturated heterocycles. The Balaban J connectivity index is 2.95. The van der Waals surface area contributed by atoms with Crippen LogP contribution in [-0.2, 0) is 12.3 Å². The summed E-state index contributed by atoms with van der Waals surface area (Å²) in [5, 5.41) is 0.137. The molecule has 0 spiro atoms. The minimum absolute atomic E-state index is 0.0475. The van der Waals surface area contributed by atoms with Gasteiger partial charge in [0.2, 0.25) is 0 Å². The van der Waals surface area contributed by atoms with E-state index in [1.54, 1.807) is 12.1 Å². The number of rotatable bonds is 5. The van der Waals surface area contributed by atoms with Gasteiger partial charge in [0, 0.05) is 12.5 Å². The molecule has 1 nitrogen and oxygen atoms in total. The second kappa shape index (κ2) is 5.60. The van der Waals surface area contributed by atoms with Crippen LogP contribution >= 0.6 is 11.6 Å². The highest BCUT2D eigenvalue weighted by molar-refractivity contribution is 6.31. The van der Waals surface area contributed by atoms with Gasteiger partial charge in [-0.3, -0.25) is 0 Å². The van der Waals surface area contributed by atoms with Crippen LogP contribution in [0.2, 0.25) is 5.02 Å². The molecule has 2 N–H and O–H groups in total. The van der Waals surface area contributed by atoms with E-state index >= 15 is 0 Å². The van der Waals surface area contributed by atoms with Crippen molar-refractivity contribution >= 4 is 11.6 Å². The van der Waals surface area contributed by atoms with E-state index in [1.807, 2.05) is 0 Å². The van der Waals surface area contributed by atoms with Crippen LogP contribution in [0.1, 0.15) is 30.9 Å². The first-order valence-electron chi connectivity index (χ1n) is 5.32. The summed E-state index contributed by atoms with van der Waals surface area (Å²) >= 11 is 5.82. The monoisotopic (exact) mass is 247 g/mol. The molecule has 1 rings (SSSR count). The van der Waals surface area contributed by atoms with Gasteiger partial charge < -0.3 is 5.73 Å². The van der Waals surface area contributed by atoms with E-state index in [0.717, 1.165) is 19.8 Å². The summed E-state index contributed by atoms with van der Waals surface area (Å²) in [6.07, 6.45) is 2.23. The molecule has 0 aliphatic rings. The molecule has 1 aromatic rings. The Hall–Kier alpha value is -0.670. The van der Waals surface area contributed by atoms with Crippen LogP contribution in [0.4, 0.5) is 8.78 Å². The summed E-state index contributed by atoms with van der Waals surface area (Å²) in [5.41, 5.74) is 5.94. The van der Waals surface area contributed by atoms with E-state index in [-0.39, 0.29) is 10.6 Å². The Bertz CT molecular complexity index is 347. The van der Waals surface area contributed by atoms with Gasteiger partial charge >= 0.3 is 0 Å². The van der Waals surface area contributed by atoms with Gasteiger partial charge in [-0.25, -0.2) is 8.78 Å². The van der Waals surface area contributed by atoms with Gasteiger partial charge in [-0.05, 0) is 37.4 Å². The molecule has 1 aromatic carbocycles. The Labute approximate surface area is 99.6 Å². The van der Waals surface area contributed by atoms with Gasteiger partial charge in [0.1, 0.15) is 0 Å². The molecule has 90 valence electrons. The number of halogens is 3. The summed E-state index contributed by atoms with van der Waals surface area (Å²) in [6, 6.07) is 4.91. The highest BCUT2D eigenvalue weighted by Gasteiger charge is 2.29. The summed E-state index contributed by atoms with van der Waals surface area (Å²) in [4.78, 5) is 0. The molecule has 0 aromatic heterocycles. The lowest BCUT2D eigenvalue weighted by Crippen LogP contribution is -2.12. The largest absolute Gasteiger partial charge is 0.330 e. The number of hydrogen-bond donors (Lipinski definition) is 1. The Morgan fingerprint density at radius 1 is 1.31 bits per heavy atom. The van der Waals surface area contributed by atoms with Crippen molar-refractivity contribution in [2.75, 3.05) is 6.54 Å². The third kappa shape index (κ3) is 3.42. The van der Waals surface area contributed by atoms with E-state index in [4.69, 9.17) is 17.3 Å². The molecule has 0 amide bonds. The SMILES string of the molecule is CC(F)(F)c1c(Cl)cccc1CCCCN. The Morgan fingerprint density at radius 3 is 2.56 bits per heavy atom. The van der Waals surface area contributed by atoms with Gasteiger partial charge in [0.05, 0.1) is 5.02 Å². The minimum Gasteiger partial charge on any atom is -0.330 e. The van der Waals surface area contributed by atoms with Crippen molar-refractivity contribution in [3.63, 3.8) is 0 Å². The van der Waals surface area contributed by atoms with Crippen LogP contribution in [0, 0.1) is 0 Å². The van der Waals surface area contributed by atoms with Crippen molar-refractivity contribution in [1.29, 1.82) is 0 Å². The molecule has 16 heavy (non-hydrogen) atoms. The fourth-order valence-electron chi connectivity index (χ4n) is 1.73. The molecule has 0 aliphatic carbocycles. The summed E-state index contributed by atoms with van der Waals surface area (Å²) in [6.45, 7) is 1.46. The lowest BCUT2D eigenvalue weighted by Gasteiger charge is -2.17. The number of aryl methyl sites for hydroxylation is 1. The van der Waals surface area contributed by atoms with E-state index in [0.29, 0.717) is 18.5 Å². The van der Waals surface area contributed by atoms with Crippen molar-refractivity contribution < 1.29 is 8.78 Å².